The highest BCUT2D eigenvalue weighted by molar-refractivity contribution is 5.91. The minimum atomic E-state index is -0.428. The van der Waals surface area contributed by atoms with Crippen LogP contribution in [0.3, 0.4) is 0 Å². The lowest BCUT2D eigenvalue weighted by molar-refractivity contribution is 0.387. The molecule has 0 saturated carbocycles. The van der Waals surface area contributed by atoms with Gasteiger partial charge in [-0.2, -0.15) is 0 Å². The lowest BCUT2D eigenvalue weighted by Gasteiger charge is -2.19. The van der Waals surface area contributed by atoms with Crippen molar-refractivity contribution in [3.05, 3.63) is 29.7 Å². The zero-order chi connectivity index (χ0) is 13.5. The smallest absolute Gasteiger partial charge is 0.167 e. The van der Waals surface area contributed by atoms with Crippen molar-refractivity contribution in [1.82, 2.24) is 4.98 Å². The summed E-state index contributed by atoms with van der Waals surface area (Å²) in [5.74, 6) is -0.248. The molecule has 0 fully saturated rings. The minimum Gasteiger partial charge on any atom is -0.494 e. The summed E-state index contributed by atoms with van der Waals surface area (Å²) in [7, 11) is 1.43. The minimum absolute atomic E-state index is 0.126. The Morgan fingerprint density at radius 2 is 1.89 bits per heavy atom. The average molecular weight is 248 g/mol. The number of hydrogen-bond donors (Lipinski definition) is 1. The Bertz CT molecular complexity index is 603. The van der Waals surface area contributed by atoms with Crippen LogP contribution in [0, 0.1) is 5.82 Å². The Morgan fingerprint density at radius 1 is 1.22 bits per heavy atom. The van der Waals surface area contributed by atoms with Gasteiger partial charge in [-0.3, -0.25) is 4.98 Å². The highest BCUT2D eigenvalue weighted by atomic mass is 19.1. The largest absolute Gasteiger partial charge is 0.494 e. The fourth-order valence-electron chi connectivity index (χ4n) is 1.79. The molecule has 0 radical (unpaired) electrons. The molecule has 0 aliphatic carbocycles. The molecular formula is C14H17FN2O. The van der Waals surface area contributed by atoms with Crippen LogP contribution in [-0.4, -0.2) is 12.1 Å². The van der Waals surface area contributed by atoms with Crippen molar-refractivity contribution < 1.29 is 9.13 Å². The summed E-state index contributed by atoms with van der Waals surface area (Å²) in [5, 5.41) is 0.709. The van der Waals surface area contributed by atoms with Crippen molar-refractivity contribution in [2.24, 2.45) is 0 Å². The van der Waals surface area contributed by atoms with Crippen molar-refractivity contribution in [2.45, 2.75) is 26.2 Å². The van der Waals surface area contributed by atoms with Crippen molar-refractivity contribution in [3.8, 4) is 5.75 Å². The fraction of sp³-hybridized carbons (Fsp3) is 0.357. The van der Waals surface area contributed by atoms with Gasteiger partial charge in [0.05, 0.1) is 12.6 Å². The zero-order valence-electron chi connectivity index (χ0n) is 11.0. The normalized spacial score (nSPS) is 11.8. The van der Waals surface area contributed by atoms with Crippen LogP contribution >= 0.6 is 0 Å². The van der Waals surface area contributed by atoms with Crippen LogP contribution in [0.25, 0.3) is 10.9 Å². The van der Waals surface area contributed by atoms with Gasteiger partial charge in [0.2, 0.25) is 0 Å². The fourth-order valence-corrected chi connectivity index (χ4v) is 1.79. The second-order valence-electron chi connectivity index (χ2n) is 5.35. The third-order valence-corrected chi connectivity index (χ3v) is 2.88. The first-order chi connectivity index (χ1) is 8.32. The Hall–Kier alpha value is -1.84. The third kappa shape index (κ3) is 2.10. The number of benzene rings is 1. The van der Waals surface area contributed by atoms with Crippen LogP contribution in [0.5, 0.6) is 5.75 Å². The molecule has 96 valence electrons. The van der Waals surface area contributed by atoms with Gasteiger partial charge in [-0.05, 0) is 12.1 Å². The van der Waals surface area contributed by atoms with E-state index in [0.717, 1.165) is 5.69 Å². The summed E-state index contributed by atoms with van der Waals surface area (Å²) >= 11 is 0. The monoisotopic (exact) mass is 248 g/mol. The lowest BCUT2D eigenvalue weighted by atomic mass is 9.91. The van der Waals surface area contributed by atoms with Crippen LogP contribution in [0.2, 0.25) is 0 Å². The second kappa shape index (κ2) is 4.12. The first-order valence-corrected chi connectivity index (χ1v) is 5.77. The molecule has 0 amide bonds. The van der Waals surface area contributed by atoms with Crippen molar-refractivity contribution in [1.29, 1.82) is 0 Å². The molecule has 1 aromatic heterocycles. The van der Waals surface area contributed by atoms with Crippen molar-refractivity contribution >= 4 is 16.6 Å². The number of nitrogen functional groups attached to an aromatic ring is 1. The summed E-state index contributed by atoms with van der Waals surface area (Å²) in [6, 6.07) is 4.78. The van der Waals surface area contributed by atoms with Gasteiger partial charge >= 0.3 is 0 Å². The van der Waals surface area contributed by atoms with Crippen molar-refractivity contribution in [2.75, 3.05) is 12.8 Å². The number of anilines is 1. The molecule has 2 rings (SSSR count). The molecule has 1 aromatic carbocycles. The molecule has 2 N–H and O–H groups in total. The molecule has 0 aliphatic heterocycles. The topological polar surface area (TPSA) is 48.1 Å². The molecule has 1 heterocycles. The van der Waals surface area contributed by atoms with Crippen LogP contribution in [-0.2, 0) is 5.41 Å². The van der Waals surface area contributed by atoms with Crippen LogP contribution in [0.4, 0.5) is 10.1 Å². The Kier molecular flexibility index (Phi) is 2.89. The van der Waals surface area contributed by atoms with Crippen molar-refractivity contribution in [3.63, 3.8) is 0 Å². The van der Waals surface area contributed by atoms with E-state index >= 15 is 0 Å². The predicted molar refractivity (Wildman–Crippen MR) is 71.4 cm³/mol. The maximum atomic E-state index is 13.7. The first kappa shape index (κ1) is 12.6. The molecular weight excluding hydrogens is 231 g/mol. The number of ether oxygens (including phenoxy) is 1. The van der Waals surface area contributed by atoms with Gasteiger partial charge in [0.15, 0.2) is 11.6 Å². The highest BCUT2D eigenvalue weighted by Crippen LogP contribution is 2.31. The van der Waals surface area contributed by atoms with Gasteiger partial charge in [-0.1, -0.05) is 20.8 Å². The molecule has 0 saturated heterocycles. The molecule has 0 unspecified atom stereocenters. The van der Waals surface area contributed by atoms with Crippen LogP contribution < -0.4 is 10.5 Å². The van der Waals surface area contributed by atoms with Crippen LogP contribution in [0.15, 0.2) is 18.2 Å². The number of pyridine rings is 1. The second-order valence-corrected chi connectivity index (χ2v) is 5.35. The Morgan fingerprint density at radius 3 is 2.44 bits per heavy atom. The summed E-state index contributed by atoms with van der Waals surface area (Å²) < 4.78 is 18.6. The SMILES string of the molecule is COc1cc2c(N)cc(C(C)(C)C)nc2cc1F. The summed E-state index contributed by atoms with van der Waals surface area (Å²) in [6.45, 7) is 6.13. The molecule has 2 aromatic rings. The van der Waals surface area contributed by atoms with E-state index < -0.39 is 5.82 Å². The number of methoxy groups -OCH3 is 1. The van der Waals surface area contributed by atoms with Crippen LogP contribution in [0.1, 0.15) is 26.5 Å². The molecule has 0 aliphatic rings. The van der Waals surface area contributed by atoms with E-state index in [0.29, 0.717) is 16.6 Å². The van der Waals surface area contributed by atoms with Gasteiger partial charge in [0.25, 0.3) is 0 Å². The molecule has 3 nitrogen and oxygen atoms in total. The number of rotatable bonds is 1. The van der Waals surface area contributed by atoms with Gasteiger partial charge < -0.3 is 10.5 Å². The van der Waals surface area contributed by atoms with Gasteiger partial charge in [0.1, 0.15) is 0 Å². The number of nitrogens with zero attached hydrogens (tertiary/aromatic N) is 1. The van der Waals surface area contributed by atoms with E-state index in [9.17, 15) is 4.39 Å². The Labute approximate surface area is 106 Å². The van der Waals surface area contributed by atoms with E-state index in [-0.39, 0.29) is 11.2 Å². The number of fused-ring (bicyclic) bond motifs is 1. The number of nitrogens with two attached hydrogens (primary N) is 1. The van der Waals surface area contributed by atoms with Gasteiger partial charge in [-0.25, -0.2) is 4.39 Å². The molecule has 4 heteroatoms. The van der Waals surface area contributed by atoms with Gasteiger partial charge in [-0.15, -0.1) is 0 Å². The molecule has 0 atom stereocenters. The van der Waals surface area contributed by atoms with E-state index in [2.05, 4.69) is 4.98 Å². The molecule has 0 spiro atoms. The molecule has 0 bridgehead atoms. The maximum Gasteiger partial charge on any atom is 0.167 e. The maximum absolute atomic E-state index is 13.7. The van der Waals surface area contributed by atoms with E-state index in [1.54, 1.807) is 6.07 Å². The average Bonchev–Trinajstić information content (AvgIpc) is 2.26. The quantitative estimate of drug-likeness (QED) is 0.842. The first-order valence-electron chi connectivity index (χ1n) is 5.77. The zero-order valence-corrected chi connectivity index (χ0v) is 11.0. The molecule has 18 heavy (non-hydrogen) atoms. The highest BCUT2D eigenvalue weighted by Gasteiger charge is 2.18. The predicted octanol–water partition coefficient (Wildman–Crippen LogP) is 3.26. The summed E-state index contributed by atoms with van der Waals surface area (Å²) in [4.78, 5) is 4.47. The van der Waals surface area contributed by atoms with E-state index in [1.807, 2.05) is 26.8 Å². The third-order valence-electron chi connectivity index (χ3n) is 2.88. The number of hydrogen-bond acceptors (Lipinski definition) is 3. The lowest BCUT2D eigenvalue weighted by Crippen LogP contribution is -2.14. The van der Waals surface area contributed by atoms with Gasteiger partial charge in [0, 0.05) is 28.2 Å². The number of aromatic nitrogens is 1. The summed E-state index contributed by atoms with van der Waals surface area (Å²) in [6.07, 6.45) is 0. The van der Waals surface area contributed by atoms with E-state index in [1.165, 1.54) is 13.2 Å². The number of halogens is 1. The Balaban J connectivity index is 2.74. The summed E-state index contributed by atoms with van der Waals surface area (Å²) in [5.41, 5.74) is 7.87. The van der Waals surface area contributed by atoms with E-state index in [4.69, 9.17) is 10.5 Å². The standard InChI is InChI=1S/C14H17FN2O/c1-14(2,3)13-7-10(16)8-5-12(18-4)9(15)6-11(8)17-13/h5-7H,1-4H3,(H2,16,17).